The molecule has 0 atom stereocenters. The van der Waals surface area contributed by atoms with E-state index in [4.69, 9.17) is 10.5 Å². The van der Waals surface area contributed by atoms with Gasteiger partial charge in [-0.2, -0.15) is 0 Å². The minimum Gasteiger partial charge on any atom is -0.492 e. The van der Waals surface area contributed by atoms with Crippen LogP contribution in [0.4, 0.5) is 5.69 Å². The van der Waals surface area contributed by atoms with Gasteiger partial charge in [-0.25, -0.2) is 13.1 Å². The third-order valence-corrected chi connectivity index (χ3v) is 4.28. The third kappa shape index (κ3) is 4.54. The van der Waals surface area contributed by atoms with E-state index in [2.05, 4.69) is 4.72 Å². The van der Waals surface area contributed by atoms with Crippen LogP contribution < -0.4 is 15.2 Å². The monoisotopic (exact) mass is 270 g/mol. The molecule has 1 saturated carbocycles. The number of nitrogens with one attached hydrogen (secondary N) is 1. The maximum absolute atomic E-state index is 11.6. The third-order valence-electron chi connectivity index (χ3n) is 2.72. The summed E-state index contributed by atoms with van der Waals surface area (Å²) in [5.74, 6) is 1.29. The number of anilines is 1. The summed E-state index contributed by atoms with van der Waals surface area (Å²) in [6.45, 7) is 0.604. The second-order valence-electron chi connectivity index (χ2n) is 4.54. The number of hydrogen-bond acceptors (Lipinski definition) is 4. The van der Waals surface area contributed by atoms with Crippen molar-refractivity contribution in [3.8, 4) is 5.75 Å². The van der Waals surface area contributed by atoms with Crippen LogP contribution in [0.15, 0.2) is 24.3 Å². The molecule has 0 amide bonds. The van der Waals surface area contributed by atoms with Crippen LogP contribution in [0.3, 0.4) is 0 Å². The summed E-state index contributed by atoms with van der Waals surface area (Å²) in [7, 11) is -3.13. The zero-order valence-corrected chi connectivity index (χ0v) is 10.9. The Labute approximate surface area is 107 Å². The van der Waals surface area contributed by atoms with Gasteiger partial charge in [-0.3, -0.25) is 0 Å². The summed E-state index contributed by atoms with van der Waals surface area (Å²) >= 11 is 0. The van der Waals surface area contributed by atoms with E-state index in [0.717, 1.165) is 12.8 Å². The Balaban J connectivity index is 1.67. The molecule has 1 aliphatic rings. The Kier molecular flexibility index (Phi) is 4.08. The molecule has 1 aromatic carbocycles. The van der Waals surface area contributed by atoms with Gasteiger partial charge in [-0.15, -0.1) is 0 Å². The quantitative estimate of drug-likeness (QED) is 0.571. The fourth-order valence-electron chi connectivity index (χ4n) is 1.58. The Morgan fingerprint density at radius 3 is 2.56 bits per heavy atom. The van der Waals surface area contributed by atoms with Gasteiger partial charge >= 0.3 is 0 Å². The van der Waals surface area contributed by atoms with Crippen molar-refractivity contribution in [2.45, 2.75) is 12.8 Å². The first-order valence-corrected chi connectivity index (χ1v) is 7.66. The first-order valence-electron chi connectivity index (χ1n) is 6.01. The second kappa shape index (κ2) is 5.58. The molecule has 0 aromatic heterocycles. The molecule has 0 bridgehead atoms. The van der Waals surface area contributed by atoms with E-state index < -0.39 is 10.0 Å². The van der Waals surface area contributed by atoms with E-state index >= 15 is 0 Å². The first kappa shape index (κ1) is 13.2. The van der Waals surface area contributed by atoms with Crippen LogP contribution in [-0.4, -0.2) is 27.3 Å². The van der Waals surface area contributed by atoms with Crippen LogP contribution in [0.2, 0.25) is 0 Å². The second-order valence-corrected chi connectivity index (χ2v) is 6.39. The van der Waals surface area contributed by atoms with Gasteiger partial charge in [-0.1, -0.05) is 0 Å². The number of ether oxygens (including phenoxy) is 1. The van der Waals surface area contributed by atoms with Gasteiger partial charge in [-0.05, 0) is 43.0 Å². The molecule has 2 rings (SSSR count). The van der Waals surface area contributed by atoms with E-state index in [1.165, 1.54) is 0 Å². The summed E-state index contributed by atoms with van der Waals surface area (Å²) in [5.41, 5.74) is 6.22. The molecule has 18 heavy (non-hydrogen) atoms. The van der Waals surface area contributed by atoms with Crippen LogP contribution in [0.25, 0.3) is 0 Å². The van der Waals surface area contributed by atoms with Gasteiger partial charge in [0.25, 0.3) is 0 Å². The van der Waals surface area contributed by atoms with E-state index in [-0.39, 0.29) is 5.75 Å². The van der Waals surface area contributed by atoms with Crippen LogP contribution in [0.1, 0.15) is 12.8 Å². The number of rotatable bonds is 7. The minimum atomic E-state index is -3.13. The highest BCUT2D eigenvalue weighted by Crippen LogP contribution is 2.29. The Hall–Kier alpha value is -1.27. The Bertz CT molecular complexity index is 481. The fourth-order valence-corrected chi connectivity index (χ4v) is 3.05. The SMILES string of the molecule is Nc1ccc(OCCNS(=O)(=O)CC2CC2)cc1. The van der Waals surface area contributed by atoms with Gasteiger partial charge in [0, 0.05) is 12.2 Å². The van der Waals surface area contributed by atoms with Crippen molar-refractivity contribution in [3.05, 3.63) is 24.3 Å². The number of sulfonamides is 1. The normalized spacial score (nSPS) is 15.6. The molecule has 3 N–H and O–H groups in total. The molecule has 1 fully saturated rings. The molecule has 1 aromatic rings. The first-order chi connectivity index (χ1) is 8.55. The van der Waals surface area contributed by atoms with Crippen molar-refractivity contribution in [1.29, 1.82) is 0 Å². The lowest BCUT2D eigenvalue weighted by molar-refractivity contribution is 0.323. The standard InChI is InChI=1S/C12H18N2O3S/c13-11-3-5-12(6-4-11)17-8-7-14-18(15,16)9-10-1-2-10/h3-6,10,14H,1-2,7-9,13H2. The largest absolute Gasteiger partial charge is 0.492 e. The highest BCUT2D eigenvalue weighted by molar-refractivity contribution is 7.89. The molecule has 0 unspecified atom stereocenters. The number of hydrogen-bond donors (Lipinski definition) is 2. The average Bonchev–Trinajstić information content (AvgIpc) is 3.10. The molecular formula is C12H18N2O3S. The molecule has 0 heterocycles. The smallest absolute Gasteiger partial charge is 0.211 e. The van der Waals surface area contributed by atoms with Crippen LogP contribution in [0, 0.1) is 5.92 Å². The molecule has 0 radical (unpaired) electrons. The number of benzene rings is 1. The molecule has 0 aliphatic heterocycles. The van der Waals surface area contributed by atoms with E-state index in [1.807, 2.05) is 0 Å². The van der Waals surface area contributed by atoms with E-state index in [1.54, 1.807) is 24.3 Å². The maximum atomic E-state index is 11.6. The summed E-state index contributed by atoms with van der Waals surface area (Å²) in [5, 5.41) is 0. The van der Waals surface area contributed by atoms with Crippen molar-refractivity contribution < 1.29 is 13.2 Å². The van der Waals surface area contributed by atoms with Gasteiger partial charge in [0.05, 0.1) is 5.75 Å². The summed E-state index contributed by atoms with van der Waals surface area (Å²) in [6.07, 6.45) is 2.06. The Morgan fingerprint density at radius 2 is 1.94 bits per heavy atom. The lowest BCUT2D eigenvalue weighted by Crippen LogP contribution is -2.30. The topological polar surface area (TPSA) is 81.4 Å². The zero-order valence-electron chi connectivity index (χ0n) is 10.1. The highest BCUT2D eigenvalue weighted by atomic mass is 32.2. The van der Waals surface area contributed by atoms with Crippen LogP contribution >= 0.6 is 0 Å². The van der Waals surface area contributed by atoms with E-state index in [9.17, 15) is 8.42 Å². The predicted octanol–water partition coefficient (Wildman–Crippen LogP) is 0.977. The lowest BCUT2D eigenvalue weighted by atomic mass is 10.3. The molecular weight excluding hydrogens is 252 g/mol. The van der Waals surface area contributed by atoms with Crippen molar-refractivity contribution >= 4 is 15.7 Å². The minimum absolute atomic E-state index is 0.245. The van der Waals surface area contributed by atoms with Gasteiger partial charge in [0.2, 0.25) is 10.0 Å². The number of nitrogens with two attached hydrogens (primary N) is 1. The zero-order chi connectivity index (χ0) is 13.0. The van der Waals surface area contributed by atoms with Gasteiger partial charge in [0.15, 0.2) is 0 Å². The molecule has 100 valence electrons. The highest BCUT2D eigenvalue weighted by Gasteiger charge is 2.27. The van der Waals surface area contributed by atoms with Crippen molar-refractivity contribution in [2.24, 2.45) is 5.92 Å². The van der Waals surface area contributed by atoms with Crippen LogP contribution in [0.5, 0.6) is 5.75 Å². The Morgan fingerprint density at radius 1 is 1.28 bits per heavy atom. The van der Waals surface area contributed by atoms with Crippen molar-refractivity contribution in [1.82, 2.24) is 4.72 Å². The predicted molar refractivity (Wildman–Crippen MR) is 70.9 cm³/mol. The number of nitrogen functional groups attached to an aromatic ring is 1. The molecule has 0 saturated heterocycles. The van der Waals surface area contributed by atoms with Gasteiger partial charge < -0.3 is 10.5 Å². The van der Waals surface area contributed by atoms with Crippen molar-refractivity contribution in [2.75, 3.05) is 24.6 Å². The molecule has 5 nitrogen and oxygen atoms in total. The molecule has 6 heteroatoms. The summed E-state index contributed by atoms with van der Waals surface area (Å²) in [6, 6.07) is 7.00. The molecule has 1 aliphatic carbocycles. The maximum Gasteiger partial charge on any atom is 0.211 e. The average molecular weight is 270 g/mol. The van der Waals surface area contributed by atoms with Crippen LogP contribution in [-0.2, 0) is 10.0 Å². The van der Waals surface area contributed by atoms with E-state index in [0.29, 0.717) is 30.5 Å². The summed E-state index contributed by atoms with van der Waals surface area (Å²) in [4.78, 5) is 0. The lowest BCUT2D eigenvalue weighted by Gasteiger charge is -2.08. The summed E-state index contributed by atoms with van der Waals surface area (Å²) < 4.78 is 31.0. The fraction of sp³-hybridized carbons (Fsp3) is 0.500. The van der Waals surface area contributed by atoms with Gasteiger partial charge in [0.1, 0.15) is 12.4 Å². The molecule has 0 spiro atoms. The van der Waals surface area contributed by atoms with Crippen molar-refractivity contribution in [3.63, 3.8) is 0 Å².